The zero-order chi connectivity index (χ0) is 14.5. The highest BCUT2D eigenvalue weighted by Crippen LogP contribution is 2.28. The predicted octanol–water partition coefficient (Wildman–Crippen LogP) is 1.56. The summed E-state index contributed by atoms with van der Waals surface area (Å²) in [4.78, 5) is 0. The van der Waals surface area contributed by atoms with Crippen LogP contribution in [0.2, 0.25) is 0 Å². The molecule has 0 fully saturated rings. The van der Waals surface area contributed by atoms with E-state index >= 15 is 0 Å². The minimum absolute atomic E-state index is 0.0746. The van der Waals surface area contributed by atoms with Gasteiger partial charge in [-0.15, -0.1) is 0 Å². The topological polar surface area (TPSA) is 72.8 Å². The molecule has 0 amide bonds. The van der Waals surface area contributed by atoms with Crippen LogP contribution < -0.4 is 9.47 Å². The Labute approximate surface area is 114 Å². The molecule has 0 aliphatic rings. The predicted molar refractivity (Wildman–Crippen MR) is 73.5 cm³/mol. The van der Waals surface area contributed by atoms with E-state index in [0.29, 0.717) is 29.9 Å². The summed E-state index contributed by atoms with van der Waals surface area (Å²) in [5.41, 5.74) is 0.657. The van der Waals surface area contributed by atoms with E-state index in [9.17, 15) is 13.5 Å². The molecule has 0 heterocycles. The van der Waals surface area contributed by atoms with Gasteiger partial charge in [0, 0.05) is 18.1 Å². The number of methoxy groups -OCH3 is 2. The molecule has 1 atom stereocenters. The van der Waals surface area contributed by atoms with E-state index in [1.165, 1.54) is 20.5 Å². The van der Waals surface area contributed by atoms with E-state index in [1.807, 2.05) is 0 Å². The van der Waals surface area contributed by atoms with Crippen molar-refractivity contribution < 1.29 is 23.0 Å². The monoisotopic (exact) mass is 288 g/mol. The Bertz CT molecular complexity index is 488. The molecule has 19 heavy (non-hydrogen) atoms. The summed E-state index contributed by atoms with van der Waals surface area (Å²) in [5.74, 6) is 1.26. The number of sulfone groups is 1. The second-order valence-corrected chi connectivity index (χ2v) is 6.69. The Morgan fingerprint density at radius 2 is 1.68 bits per heavy atom. The molecule has 1 N–H and O–H groups in total. The van der Waals surface area contributed by atoms with Crippen LogP contribution in [-0.2, 0) is 9.84 Å². The molecule has 0 aliphatic heterocycles. The van der Waals surface area contributed by atoms with Gasteiger partial charge in [-0.3, -0.25) is 0 Å². The fourth-order valence-corrected chi connectivity index (χ4v) is 2.42. The Kier molecular flexibility index (Phi) is 5.62. The van der Waals surface area contributed by atoms with E-state index in [1.54, 1.807) is 18.2 Å². The SMILES string of the molecule is COc1cc(OC)cc(C(O)CCCS(C)(=O)=O)c1. The average molecular weight is 288 g/mol. The summed E-state index contributed by atoms with van der Waals surface area (Å²) >= 11 is 0. The lowest BCUT2D eigenvalue weighted by Crippen LogP contribution is -2.06. The number of aliphatic hydroxyl groups excluding tert-OH is 1. The Balaban J connectivity index is 2.73. The molecule has 108 valence electrons. The number of rotatable bonds is 7. The van der Waals surface area contributed by atoms with Crippen molar-refractivity contribution in [2.24, 2.45) is 0 Å². The number of benzene rings is 1. The van der Waals surface area contributed by atoms with Crippen molar-refractivity contribution in [3.63, 3.8) is 0 Å². The van der Waals surface area contributed by atoms with Crippen molar-refractivity contribution in [3.8, 4) is 11.5 Å². The zero-order valence-corrected chi connectivity index (χ0v) is 12.2. The molecule has 0 spiro atoms. The minimum atomic E-state index is -2.99. The maximum Gasteiger partial charge on any atom is 0.147 e. The highest BCUT2D eigenvalue weighted by molar-refractivity contribution is 7.90. The second-order valence-electron chi connectivity index (χ2n) is 4.43. The van der Waals surface area contributed by atoms with Gasteiger partial charge < -0.3 is 14.6 Å². The molecule has 5 nitrogen and oxygen atoms in total. The molecule has 0 bridgehead atoms. The fraction of sp³-hybridized carbons (Fsp3) is 0.538. The first-order valence-corrected chi connectivity index (χ1v) is 8.00. The van der Waals surface area contributed by atoms with Crippen LogP contribution in [0.3, 0.4) is 0 Å². The number of aliphatic hydroxyl groups is 1. The molecule has 1 rings (SSSR count). The molecule has 0 aliphatic carbocycles. The van der Waals surface area contributed by atoms with Crippen LogP contribution in [0.1, 0.15) is 24.5 Å². The first-order valence-electron chi connectivity index (χ1n) is 5.94. The van der Waals surface area contributed by atoms with Gasteiger partial charge in [0.2, 0.25) is 0 Å². The third-order valence-electron chi connectivity index (χ3n) is 2.75. The minimum Gasteiger partial charge on any atom is -0.497 e. The van der Waals surface area contributed by atoms with Gasteiger partial charge in [0.05, 0.1) is 20.3 Å². The summed E-state index contributed by atoms with van der Waals surface area (Å²) in [7, 11) is 0.0845. The molecule has 6 heteroatoms. The summed E-state index contributed by atoms with van der Waals surface area (Å²) in [6.45, 7) is 0. The van der Waals surface area contributed by atoms with E-state index in [4.69, 9.17) is 9.47 Å². The molecular formula is C13H20O5S. The van der Waals surface area contributed by atoms with Gasteiger partial charge in [-0.2, -0.15) is 0 Å². The number of ether oxygens (including phenoxy) is 2. The van der Waals surface area contributed by atoms with Crippen molar-refractivity contribution in [2.45, 2.75) is 18.9 Å². The number of hydrogen-bond acceptors (Lipinski definition) is 5. The van der Waals surface area contributed by atoms with E-state index in [2.05, 4.69) is 0 Å². The van der Waals surface area contributed by atoms with Crippen LogP contribution in [0.4, 0.5) is 0 Å². The largest absolute Gasteiger partial charge is 0.497 e. The van der Waals surface area contributed by atoms with Gasteiger partial charge in [-0.05, 0) is 30.5 Å². The van der Waals surface area contributed by atoms with Crippen molar-refractivity contribution in [3.05, 3.63) is 23.8 Å². The smallest absolute Gasteiger partial charge is 0.147 e. The molecular weight excluding hydrogens is 268 g/mol. The highest BCUT2D eigenvalue weighted by Gasteiger charge is 2.12. The van der Waals surface area contributed by atoms with Gasteiger partial charge in [-0.25, -0.2) is 8.42 Å². The lowest BCUT2D eigenvalue weighted by molar-refractivity contribution is 0.166. The third-order valence-corrected chi connectivity index (χ3v) is 3.78. The summed E-state index contributed by atoms with van der Waals surface area (Å²) in [6.07, 6.45) is 1.25. The van der Waals surface area contributed by atoms with Gasteiger partial charge in [0.15, 0.2) is 0 Å². The van der Waals surface area contributed by atoms with Crippen molar-refractivity contribution >= 4 is 9.84 Å². The highest BCUT2D eigenvalue weighted by atomic mass is 32.2. The summed E-state index contributed by atoms with van der Waals surface area (Å²) < 4.78 is 32.3. The Morgan fingerprint density at radius 1 is 1.16 bits per heavy atom. The van der Waals surface area contributed by atoms with Crippen LogP contribution in [0, 0.1) is 0 Å². The fourth-order valence-electron chi connectivity index (χ4n) is 1.73. The first kappa shape index (κ1) is 15.8. The van der Waals surface area contributed by atoms with Gasteiger partial charge in [0.1, 0.15) is 21.3 Å². The van der Waals surface area contributed by atoms with Crippen LogP contribution in [-0.4, -0.2) is 39.8 Å². The molecule has 1 unspecified atom stereocenters. The lowest BCUT2D eigenvalue weighted by atomic mass is 10.0. The molecule has 0 saturated heterocycles. The normalized spacial score (nSPS) is 13.1. The van der Waals surface area contributed by atoms with E-state index in [0.717, 1.165) is 0 Å². The quantitative estimate of drug-likeness (QED) is 0.824. The first-order chi connectivity index (χ1) is 8.85. The van der Waals surface area contributed by atoms with Crippen LogP contribution in [0.25, 0.3) is 0 Å². The van der Waals surface area contributed by atoms with Crippen LogP contribution >= 0.6 is 0 Å². The third kappa shape index (κ3) is 5.48. The van der Waals surface area contributed by atoms with Gasteiger partial charge in [-0.1, -0.05) is 0 Å². The zero-order valence-electron chi connectivity index (χ0n) is 11.4. The van der Waals surface area contributed by atoms with Crippen LogP contribution in [0.15, 0.2) is 18.2 Å². The maximum absolute atomic E-state index is 11.0. The molecule has 0 aromatic heterocycles. The van der Waals surface area contributed by atoms with Crippen molar-refractivity contribution in [1.82, 2.24) is 0 Å². The van der Waals surface area contributed by atoms with Crippen molar-refractivity contribution in [2.75, 3.05) is 26.2 Å². The van der Waals surface area contributed by atoms with E-state index < -0.39 is 15.9 Å². The summed E-state index contributed by atoms with van der Waals surface area (Å²) in [6, 6.07) is 5.15. The lowest BCUT2D eigenvalue weighted by Gasteiger charge is -2.13. The Hall–Kier alpha value is -1.27. The van der Waals surface area contributed by atoms with Gasteiger partial charge >= 0.3 is 0 Å². The summed E-state index contributed by atoms with van der Waals surface area (Å²) in [5, 5.41) is 10.1. The second kappa shape index (κ2) is 6.77. The van der Waals surface area contributed by atoms with E-state index in [-0.39, 0.29) is 5.75 Å². The maximum atomic E-state index is 11.0. The molecule has 1 aromatic carbocycles. The van der Waals surface area contributed by atoms with Gasteiger partial charge in [0.25, 0.3) is 0 Å². The Morgan fingerprint density at radius 3 is 2.11 bits per heavy atom. The molecule has 1 aromatic rings. The van der Waals surface area contributed by atoms with Crippen molar-refractivity contribution in [1.29, 1.82) is 0 Å². The molecule has 0 radical (unpaired) electrons. The average Bonchev–Trinajstić information content (AvgIpc) is 2.36. The number of hydrogen-bond donors (Lipinski definition) is 1. The molecule has 0 saturated carbocycles. The standard InChI is InChI=1S/C13H20O5S/c1-17-11-7-10(8-12(9-11)18-2)13(14)5-4-6-19(3,15)16/h7-9,13-14H,4-6H2,1-3H3. The van der Waals surface area contributed by atoms with Crippen LogP contribution in [0.5, 0.6) is 11.5 Å².